The molecule has 0 aliphatic rings. The summed E-state index contributed by atoms with van der Waals surface area (Å²) in [5, 5.41) is 9.25. The Labute approximate surface area is 99.5 Å². The molecule has 1 rings (SSSR count). The summed E-state index contributed by atoms with van der Waals surface area (Å²) < 4.78 is 38.9. The Morgan fingerprint density at radius 2 is 2.18 bits per heavy atom. The second-order valence-corrected chi connectivity index (χ2v) is 5.34. The number of anilines is 1. The van der Waals surface area contributed by atoms with E-state index in [4.69, 9.17) is 5.73 Å². The Morgan fingerprint density at radius 1 is 1.53 bits per heavy atom. The number of halogens is 1. The molecule has 17 heavy (non-hydrogen) atoms. The van der Waals surface area contributed by atoms with E-state index in [2.05, 4.69) is 4.72 Å². The van der Waals surface area contributed by atoms with Crippen molar-refractivity contribution in [2.45, 2.75) is 24.3 Å². The van der Waals surface area contributed by atoms with Crippen molar-refractivity contribution in [3.8, 4) is 0 Å². The maximum atomic E-state index is 13.3. The molecule has 96 valence electrons. The minimum Gasteiger partial charge on any atom is -0.399 e. The Bertz CT molecular complexity index is 490. The highest BCUT2D eigenvalue weighted by molar-refractivity contribution is 7.89. The van der Waals surface area contributed by atoms with Crippen LogP contribution in [0.4, 0.5) is 10.1 Å². The van der Waals surface area contributed by atoms with E-state index in [0.29, 0.717) is 6.42 Å². The normalized spacial score (nSPS) is 13.6. The van der Waals surface area contributed by atoms with Crippen molar-refractivity contribution in [2.24, 2.45) is 0 Å². The smallest absolute Gasteiger partial charge is 0.243 e. The fraction of sp³-hybridized carbons (Fsp3) is 0.400. The second kappa shape index (κ2) is 5.44. The number of nitrogens with one attached hydrogen (secondary N) is 1. The van der Waals surface area contributed by atoms with E-state index in [0.717, 1.165) is 12.1 Å². The highest BCUT2D eigenvalue weighted by Crippen LogP contribution is 2.17. The van der Waals surface area contributed by atoms with E-state index in [1.807, 2.05) is 0 Å². The minimum atomic E-state index is -3.98. The SMILES string of the molecule is CCC(O)CNS(=O)(=O)c1cc(N)ccc1F. The number of nitrogens with two attached hydrogens (primary N) is 1. The van der Waals surface area contributed by atoms with Crippen molar-refractivity contribution in [2.75, 3.05) is 12.3 Å². The lowest BCUT2D eigenvalue weighted by atomic mass is 10.3. The molecule has 0 saturated carbocycles. The van der Waals surface area contributed by atoms with Gasteiger partial charge in [0.2, 0.25) is 10.0 Å². The summed E-state index contributed by atoms with van der Waals surface area (Å²) in [6.07, 6.45) is -0.393. The maximum absolute atomic E-state index is 13.3. The molecule has 0 aliphatic heterocycles. The van der Waals surface area contributed by atoms with Gasteiger partial charge >= 0.3 is 0 Å². The molecule has 0 amide bonds. The lowest BCUT2D eigenvalue weighted by Crippen LogP contribution is -2.32. The van der Waals surface area contributed by atoms with Crippen molar-refractivity contribution < 1.29 is 17.9 Å². The lowest BCUT2D eigenvalue weighted by Gasteiger charge is -2.11. The number of hydrogen-bond donors (Lipinski definition) is 3. The number of rotatable bonds is 5. The zero-order chi connectivity index (χ0) is 13.1. The van der Waals surface area contributed by atoms with Crippen LogP contribution in [0, 0.1) is 5.82 Å². The summed E-state index contributed by atoms with van der Waals surface area (Å²) in [7, 11) is -3.98. The van der Waals surface area contributed by atoms with Crippen LogP contribution in [-0.2, 0) is 10.0 Å². The number of aliphatic hydroxyl groups is 1. The molecule has 4 N–H and O–H groups in total. The first-order valence-electron chi connectivity index (χ1n) is 5.09. The summed E-state index contributed by atoms with van der Waals surface area (Å²) in [5.41, 5.74) is 5.55. The van der Waals surface area contributed by atoms with Crippen LogP contribution in [-0.4, -0.2) is 26.2 Å². The Balaban J connectivity index is 2.93. The predicted molar refractivity (Wildman–Crippen MR) is 62.3 cm³/mol. The standard InChI is InChI=1S/C10H15FN2O3S/c1-2-8(14)6-13-17(15,16)10-5-7(12)3-4-9(10)11/h3-5,8,13-14H,2,6,12H2,1H3. The van der Waals surface area contributed by atoms with E-state index in [-0.39, 0.29) is 12.2 Å². The number of nitrogen functional groups attached to an aromatic ring is 1. The van der Waals surface area contributed by atoms with Gasteiger partial charge in [0.1, 0.15) is 10.7 Å². The van der Waals surface area contributed by atoms with E-state index < -0.39 is 26.8 Å². The number of benzene rings is 1. The third-order valence-electron chi connectivity index (χ3n) is 2.23. The van der Waals surface area contributed by atoms with Gasteiger partial charge in [-0.15, -0.1) is 0 Å². The van der Waals surface area contributed by atoms with Crippen LogP contribution in [0.25, 0.3) is 0 Å². The van der Waals surface area contributed by atoms with E-state index in [1.165, 1.54) is 6.07 Å². The zero-order valence-corrected chi connectivity index (χ0v) is 10.2. The summed E-state index contributed by atoms with van der Waals surface area (Å²) in [4.78, 5) is -0.513. The molecule has 1 atom stereocenters. The molecule has 0 fully saturated rings. The van der Waals surface area contributed by atoms with Gasteiger partial charge in [-0.1, -0.05) is 6.92 Å². The fourth-order valence-corrected chi connectivity index (χ4v) is 2.34. The van der Waals surface area contributed by atoms with E-state index in [1.54, 1.807) is 6.92 Å². The Hall–Kier alpha value is -1.18. The highest BCUT2D eigenvalue weighted by atomic mass is 32.2. The third-order valence-corrected chi connectivity index (χ3v) is 3.66. The molecule has 0 bridgehead atoms. The van der Waals surface area contributed by atoms with Gasteiger partial charge in [0.25, 0.3) is 0 Å². The van der Waals surface area contributed by atoms with Crippen molar-refractivity contribution >= 4 is 15.7 Å². The molecule has 0 spiro atoms. The third kappa shape index (κ3) is 3.65. The van der Waals surface area contributed by atoms with Gasteiger partial charge < -0.3 is 10.8 Å². The van der Waals surface area contributed by atoms with Gasteiger partial charge in [-0.3, -0.25) is 0 Å². The minimum absolute atomic E-state index is 0.155. The second-order valence-electron chi connectivity index (χ2n) is 3.60. The molecule has 0 saturated heterocycles. The summed E-state index contributed by atoms with van der Waals surface area (Å²) >= 11 is 0. The molecular formula is C10H15FN2O3S. The predicted octanol–water partition coefficient (Wildman–Crippen LogP) is 0.457. The Morgan fingerprint density at radius 3 is 2.76 bits per heavy atom. The van der Waals surface area contributed by atoms with Crippen LogP contribution < -0.4 is 10.5 Å². The van der Waals surface area contributed by atoms with Crippen molar-refractivity contribution in [1.82, 2.24) is 4.72 Å². The van der Waals surface area contributed by atoms with Crippen LogP contribution in [0.1, 0.15) is 13.3 Å². The highest BCUT2D eigenvalue weighted by Gasteiger charge is 2.19. The van der Waals surface area contributed by atoms with Gasteiger partial charge in [0.05, 0.1) is 6.10 Å². The van der Waals surface area contributed by atoms with Crippen molar-refractivity contribution in [1.29, 1.82) is 0 Å². The molecule has 0 aliphatic carbocycles. The average Bonchev–Trinajstić information content (AvgIpc) is 2.29. The first-order chi connectivity index (χ1) is 7.86. The first-order valence-corrected chi connectivity index (χ1v) is 6.58. The summed E-state index contributed by atoms with van der Waals surface area (Å²) in [6, 6.07) is 3.30. The molecule has 0 heterocycles. The zero-order valence-electron chi connectivity index (χ0n) is 9.35. The monoisotopic (exact) mass is 262 g/mol. The largest absolute Gasteiger partial charge is 0.399 e. The molecule has 1 unspecified atom stereocenters. The number of sulfonamides is 1. The fourth-order valence-electron chi connectivity index (χ4n) is 1.15. The van der Waals surface area contributed by atoms with Gasteiger partial charge in [0, 0.05) is 12.2 Å². The quantitative estimate of drug-likeness (QED) is 0.672. The molecule has 1 aromatic rings. The van der Waals surface area contributed by atoms with E-state index >= 15 is 0 Å². The number of aliphatic hydroxyl groups excluding tert-OH is 1. The van der Waals surface area contributed by atoms with Gasteiger partial charge in [-0.25, -0.2) is 17.5 Å². The van der Waals surface area contributed by atoms with Crippen LogP contribution in [0.5, 0.6) is 0 Å². The molecule has 0 aromatic heterocycles. The van der Waals surface area contributed by atoms with E-state index in [9.17, 15) is 17.9 Å². The van der Waals surface area contributed by atoms with Gasteiger partial charge in [-0.05, 0) is 24.6 Å². The summed E-state index contributed by atoms with van der Waals surface area (Å²) in [5.74, 6) is -0.877. The van der Waals surface area contributed by atoms with Crippen LogP contribution in [0.15, 0.2) is 23.1 Å². The van der Waals surface area contributed by atoms with Crippen molar-refractivity contribution in [3.63, 3.8) is 0 Å². The van der Waals surface area contributed by atoms with Crippen LogP contribution in [0.3, 0.4) is 0 Å². The molecule has 7 heteroatoms. The Kier molecular flexibility index (Phi) is 4.44. The molecular weight excluding hydrogens is 247 g/mol. The first kappa shape index (κ1) is 13.9. The lowest BCUT2D eigenvalue weighted by molar-refractivity contribution is 0.174. The molecule has 0 radical (unpaired) electrons. The average molecular weight is 262 g/mol. The van der Waals surface area contributed by atoms with Crippen LogP contribution in [0.2, 0.25) is 0 Å². The van der Waals surface area contributed by atoms with Crippen molar-refractivity contribution in [3.05, 3.63) is 24.0 Å². The van der Waals surface area contributed by atoms with Gasteiger partial charge in [-0.2, -0.15) is 0 Å². The molecule has 1 aromatic carbocycles. The number of hydrogen-bond acceptors (Lipinski definition) is 4. The topological polar surface area (TPSA) is 92.4 Å². The maximum Gasteiger partial charge on any atom is 0.243 e. The summed E-state index contributed by atoms with van der Waals surface area (Å²) in [6.45, 7) is 1.55. The van der Waals surface area contributed by atoms with Crippen LogP contribution >= 0.6 is 0 Å². The van der Waals surface area contributed by atoms with Gasteiger partial charge in [0.15, 0.2) is 0 Å². The molecule has 5 nitrogen and oxygen atoms in total.